The zero-order chi connectivity index (χ0) is 28.6. The molecule has 0 unspecified atom stereocenters. The number of rotatable bonds is 6. The first-order valence-corrected chi connectivity index (χ1v) is 14.3. The summed E-state index contributed by atoms with van der Waals surface area (Å²) in [6.45, 7) is 0. The molecule has 0 aliphatic rings. The predicted molar refractivity (Wildman–Crippen MR) is 174 cm³/mol. The van der Waals surface area contributed by atoms with Crippen LogP contribution in [0.4, 0.5) is 17.1 Å². The molecule has 0 aliphatic carbocycles. The van der Waals surface area contributed by atoms with Gasteiger partial charge in [-0.15, -0.1) is 10.2 Å². The molecule has 5 nitrogen and oxygen atoms in total. The molecule has 0 amide bonds. The number of fused-ring (bicyclic) bond motifs is 3. The molecule has 5 heteroatoms. The van der Waals surface area contributed by atoms with E-state index in [9.17, 15) is 0 Å². The van der Waals surface area contributed by atoms with Gasteiger partial charge in [0.1, 0.15) is 0 Å². The smallest absolute Gasteiger partial charge is 0.248 e. The van der Waals surface area contributed by atoms with Gasteiger partial charge in [0.2, 0.25) is 11.8 Å². The molecule has 0 radical (unpaired) electrons. The highest BCUT2D eigenvalue weighted by molar-refractivity contribution is 6.10. The minimum absolute atomic E-state index is 0.492. The molecule has 8 aromatic rings. The molecule has 43 heavy (non-hydrogen) atoms. The van der Waals surface area contributed by atoms with Crippen LogP contribution in [0.25, 0.3) is 50.4 Å². The highest BCUT2D eigenvalue weighted by Gasteiger charge is 2.18. The van der Waals surface area contributed by atoms with E-state index in [1.54, 1.807) is 0 Å². The Morgan fingerprint density at radius 1 is 0.442 bits per heavy atom. The third kappa shape index (κ3) is 4.44. The quantitative estimate of drug-likeness (QED) is 0.205. The number of anilines is 3. The number of benzene rings is 6. The average molecular weight is 555 g/mol. The van der Waals surface area contributed by atoms with E-state index in [-0.39, 0.29) is 0 Å². The van der Waals surface area contributed by atoms with Crippen molar-refractivity contribution in [3.8, 4) is 28.6 Å². The molecule has 0 N–H and O–H groups in total. The lowest BCUT2D eigenvalue weighted by Gasteiger charge is -2.25. The number of nitrogens with zero attached hydrogens (tertiary/aromatic N) is 4. The monoisotopic (exact) mass is 554 g/mol. The van der Waals surface area contributed by atoms with E-state index >= 15 is 0 Å². The topological polar surface area (TPSA) is 47.1 Å². The van der Waals surface area contributed by atoms with Gasteiger partial charge >= 0.3 is 0 Å². The summed E-state index contributed by atoms with van der Waals surface area (Å²) in [5.41, 5.74) is 8.45. The minimum Gasteiger partial charge on any atom is -0.416 e. The van der Waals surface area contributed by atoms with E-state index in [4.69, 9.17) is 4.42 Å². The summed E-state index contributed by atoms with van der Waals surface area (Å²) in [5.74, 6) is 1.00. The average Bonchev–Trinajstić information content (AvgIpc) is 3.70. The fourth-order valence-electron chi connectivity index (χ4n) is 5.77. The molecule has 0 aliphatic heterocycles. The maximum Gasteiger partial charge on any atom is 0.248 e. The van der Waals surface area contributed by atoms with E-state index < -0.39 is 0 Å². The van der Waals surface area contributed by atoms with Crippen molar-refractivity contribution in [1.29, 1.82) is 0 Å². The highest BCUT2D eigenvalue weighted by atomic mass is 16.4. The molecular formula is C38H26N4O. The van der Waals surface area contributed by atoms with Crippen molar-refractivity contribution in [2.75, 3.05) is 4.90 Å². The summed E-state index contributed by atoms with van der Waals surface area (Å²) in [5, 5.41) is 11.0. The molecule has 0 fully saturated rings. The lowest BCUT2D eigenvalue weighted by molar-refractivity contribution is 0.584. The predicted octanol–water partition coefficient (Wildman–Crippen LogP) is 9.97. The highest BCUT2D eigenvalue weighted by Crippen LogP contribution is 2.40. The van der Waals surface area contributed by atoms with Crippen molar-refractivity contribution in [2.45, 2.75) is 0 Å². The molecule has 0 saturated carbocycles. The normalized spacial score (nSPS) is 11.3. The van der Waals surface area contributed by atoms with Crippen LogP contribution in [0.15, 0.2) is 162 Å². The van der Waals surface area contributed by atoms with Gasteiger partial charge in [-0.3, -0.25) is 0 Å². The zero-order valence-corrected chi connectivity index (χ0v) is 23.2. The Bertz CT molecular complexity index is 2170. The summed E-state index contributed by atoms with van der Waals surface area (Å²) in [7, 11) is 0. The second-order valence-corrected chi connectivity index (χ2v) is 10.4. The van der Waals surface area contributed by atoms with E-state index in [2.05, 4.69) is 129 Å². The van der Waals surface area contributed by atoms with E-state index in [0.29, 0.717) is 11.8 Å². The van der Waals surface area contributed by atoms with Gasteiger partial charge < -0.3 is 13.9 Å². The van der Waals surface area contributed by atoms with Crippen molar-refractivity contribution >= 4 is 38.9 Å². The maximum atomic E-state index is 6.02. The Morgan fingerprint density at radius 3 is 1.70 bits per heavy atom. The summed E-state index contributed by atoms with van der Waals surface area (Å²) in [6.07, 6.45) is 0. The summed E-state index contributed by atoms with van der Waals surface area (Å²) in [6, 6.07) is 54.4. The lowest BCUT2D eigenvalue weighted by atomic mass is 10.1. The molecule has 0 atom stereocenters. The molecule has 0 saturated heterocycles. The van der Waals surface area contributed by atoms with Crippen LogP contribution in [-0.4, -0.2) is 14.8 Å². The Morgan fingerprint density at radius 2 is 0.977 bits per heavy atom. The summed E-state index contributed by atoms with van der Waals surface area (Å²) >= 11 is 0. The first-order valence-electron chi connectivity index (χ1n) is 14.3. The first-order chi connectivity index (χ1) is 21.3. The van der Waals surface area contributed by atoms with Gasteiger partial charge in [-0.2, -0.15) is 0 Å². The molecule has 204 valence electrons. The number of aromatic nitrogens is 3. The van der Waals surface area contributed by atoms with Crippen LogP contribution < -0.4 is 4.90 Å². The SMILES string of the molecule is c1ccc(-c2nnc(-c3ccc(N(c4ccccc4)c4ccc5c(c4)c4ccccc4n5-c4ccccc4)cc3)o2)cc1. The molecular weight excluding hydrogens is 528 g/mol. The van der Waals surface area contributed by atoms with Gasteiger partial charge in [0.05, 0.1) is 11.0 Å². The number of para-hydroxylation sites is 3. The van der Waals surface area contributed by atoms with Crippen LogP contribution in [0.1, 0.15) is 0 Å². The minimum atomic E-state index is 0.492. The zero-order valence-electron chi connectivity index (χ0n) is 23.2. The Hall–Kier alpha value is -5.94. The van der Waals surface area contributed by atoms with Crippen LogP contribution in [0, 0.1) is 0 Å². The fourth-order valence-corrected chi connectivity index (χ4v) is 5.77. The molecule has 6 aromatic carbocycles. The number of hydrogen-bond acceptors (Lipinski definition) is 4. The Kier molecular flexibility index (Phi) is 6.05. The van der Waals surface area contributed by atoms with Crippen molar-refractivity contribution in [3.63, 3.8) is 0 Å². The Balaban J connectivity index is 1.23. The molecule has 2 aromatic heterocycles. The molecule has 0 spiro atoms. The van der Waals surface area contributed by atoms with Gasteiger partial charge in [0.25, 0.3) is 0 Å². The molecule has 2 heterocycles. The van der Waals surface area contributed by atoms with Crippen LogP contribution >= 0.6 is 0 Å². The van der Waals surface area contributed by atoms with Gasteiger partial charge in [-0.1, -0.05) is 72.8 Å². The fraction of sp³-hybridized carbons (Fsp3) is 0. The maximum absolute atomic E-state index is 6.02. The molecule has 0 bridgehead atoms. The van der Waals surface area contributed by atoms with Crippen LogP contribution in [0.3, 0.4) is 0 Å². The summed E-state index contributed by atoms with van der Waals surface area (Å²) in [4.78, 5) is 2.28. The molecule has 8 rings (SSSR count). The third-order valence-electron chi connectivity index (χ3n) is 7.76. The van der Waals surface area contributed by atoms with Crippen LogP contribution in [-0.2, 0) is 0 Å². The van der Waals surface area contributed by atoms with E-state index in [1.807, 2.05) is 48.5 Å². The standard InChI is InChI=1S/C38H26N4O/c1-4-12-27(13-5-1)37-39-40-38(43-37)28-20-22-31(23-21-28)41(29-14-6-2-7-15-29)32-24-25-36-34(26-32)33-18-10-11-19-35(33)42(36)30-16-8-3-9-17-30/h1-26H. The lowest BCUT2D eigenvalue weighted by Crippen LogP contribution is -2.09. The van der Waals surface area contributed by atoms with Gasteiger partial charge in [-0.25, -0.2) is 0 Å². The third-order valence-corrected chi connectivity index (χ3v) is 7.76. The van der Waals surface area contributed by atoms with Crippen LogP contribution in [0.2, 0.25) is 0 Å². The largest absolute Gasteiger partial charge is 0.416 e. The van der Waals surface area contributed by atoms with Gasteiger partial charge in [0.15, 0.2) is 0 Å². The second-order valence-electron chi connectivity index (χ2n) is 10.4. The number of hydrogen-bond donors (Lipinski definition) is 0. The first kappa shape index (κ1) is 24.8. The van der Waals surface area contributed by atoms with E-state index in [0.717, 1.165) is 33.9 Å². The second kappa shape index (κ2) is 10.5. The van der Waals surface area contributed by atoms with Crippen molar-refractivity contribution < 1.29 is 4.42 Å². The van der Waals surface area contributed by atoms with Gasteiger partial charge in [-0.05, 0) is 84.9 Å². The van der Waals surface area contributed by atoms with Crippen molar-refractivity contribution in [2.24, 2.45) is 0 Å². The Labute approximate surface area is 248 Å². The van der Waals surface area contributed by atoms with Crippen molar-refractivity contribution in [1.82, 2.24) is 14.8 Å². The van der Waals surface area contributed by atoms with Crippen molar-refractivity contribution in [3.05, 3.63) is 158 Å². The summed E-state index contributed by atoms with van der Waals surface area (Å²) < 4.78 is 8.35. The van der Waals surface area contributed by atoms with E-state index in [1.165, 1.54) is 21.8 Å². The van der Waals surface area contributed by atoms with Gasteiger partial charge in [0, 0.05) is 44.6 Å². The van der Waals surface area contributed by atoms with Crippen LogP contribution in [0.5, 0.6) is 0 Å².